The third-order valence-corrected chi connectivity index (χ3v) is 4.92. The van der Waals surface area contributed by atoms with Crippen LogP contribution in [0.1, 0.15) is 11.1 Å². The van der Waals surface area contributed by atoms with Crippen LogP contribution in [0.5, 0.6) is 0 Å². The van der Waals surface area contributed by atoms with Crippen molar-refractivity contribution in [3.63, 3.8) is 0 Å². The Morgan fingerprint density at radius 3 is 2.19 bits per heavy atom. The summed E-state index contributed by atoms with van der Waals surface area (Å²) in [6.07, 6.45) is 8.93. The number of halogens is 1. The normalized spacial score (nSPS) is 11.4. The van der Waals surface area contributed by atoms with Crippen LogP contribution in [0, 0.1) is 0 Å². The molecule has 0 N–H and O–H groups in total. The number of benzene rings is 2. The van der Waals surface area contributed by atoms with Gasteiger partial charge in [0.1, 0.15) is 0 Å². The second-order valence-corrected chi connectivity index (χ2v) is 6.41. The molecule has 126 valence electrons. The summed E-state index contributed by atoms with van der Waals surface area (Å²) in [7, 11) is 0. The Hall–Kier alpha value is -2.97. The zero-order valence-corrected chi connectivity index (χ0v) is 14.9. The van der Waals surface area contributed by atoms with Crippen molar-refractivity contribution in [1.29, 1.82) is 0 Å². The van der Waals surface area contributed by atoms with Gasteiger partial charge in [-0.05, 0) is 58.0 Å². The second-order valence-electron chi connectivity index (χ2n) is 6.41. The standard InChI is InChI=1S/C23H17N2.ClH/c1-2-4-22-19(3-1)15-20-16-21(5-6-23(20)22)25-13-9-18(10-14-25)17-7-11-24-12-8-17;/h1-14,16H,15H2;1H/q+1;/p-1. The lowest BCUT2D eigenvalue weighted by atomic mass is 10.1. The van der Waals surface area contributed by atoms with Crippen molar-refractivity contribution in [2.45, 2.75) is 6.42 Å². The molecule has 26 heavy (non-hydrogen) atoms. The van der Waals surface area contributed by atoms with Gasteiger partial charge in [-0.3, -0.25) is 4.98 Å². The number of pyridine rings is 2. The quantitative estimate of drug-likeness (QED) is 0.439. The van der Waals surface area contributed by atoms with E-state index in [4.69, 9.17) is 0 Å². The Morgan fingerprint density at radius 1 is 0.692 bits per heavy atom. The van der Waals surface area contributed by atoms with Crippen LogP contribution < -0.4 is 17.0 Å². The highest BCUT2D eigenvalue weighted by atomic mass is 35.5. The molecule has 1 aliphatic carbocycles. The van der Waals surface area contributed by atoms with Crippen LogP contribution in [0.4, 0.5) is 0 Å². The maximum absolute atomic E-state index is 4.08. The van der Waals surface area contributed by atoms with E-state index in [0.29, 0.717) is 0 Å². The van der Waals surface area contributed by atoms with Gasteiger partial charge in [-0.2, -0.15) is 4.57 Å². The van der Waals surface area contributed by atoms with Crippen molar-refractivity contribution in [2.75, 3.05) is 0 Å². The maximum Gasteiger partial charge on any atom is 0.210 e. The van der Waals surface area contributed by atoms with E-state index >= 15 is 0 Å². The molecule has 0 aliphatic heterocycles. The fourth-order valence-corrected chi connectivity index (χ4v) is 3.63. The second kappa shape index (κ2) is 6.74. The fraction of sp³-hybridized carbons (Fsp3) is 0.0435. The average Bonchev–Trinajstić information content (AvgIpc) is 3.06. The molecular formula is C23H17ClN2. The van der Waals surface area contributed by atoms with Gasteiger partial charge in [0, 0.05) is 36.7 Å². The lowest BCUT2D eigenvalue weighted by Crippen LogP contribution is -3.00. The first-order chi connectivity index (χ1) is 12.4. The Labute approximate surface area is 159 Å². The van der Waals surface area contributed by atoms with E-state index in [-0.39, 0.29) is 12.4 Å². The molecular weight excluding hydrogens is 340 g/mol. The third kappa shape index (κ3) is 2.79. The highest BCUT2D eigenvalue weighted by molar-refractivity contribution is 5.77. The minimum atomic E-state index is 0. The van der Waals surface area contributed by atoms with E-state index in [9.17, 15) is 0 Å². The van der Waals surface area contributed by atoms with Crippen molar-refractivity contribution in [3.8, 4) is 27.9 Å². The summed E-state index contributed by atoms with van der Waals surface area (Å²) >= 11 is 0. The Balaban J connectivity index is 0.00000168. The smallest absolute Gasteiger partial charge is 0.210 e. The first-order valence-corrected chi connectivity index (χ1v) is 8.52. The predicted molar refractivity (Wildman–Crippen MR) is 99.4 cm³/mol. The molecule has 0 saturated carbocycles. The van der Waals surface area contributed by atoms with Gasteiger partial charge in [-0.15, -0.1) is 0 Å². The van der Waals surface area contributed by atoms with E-state index in [0.717, 1.165) is 6.42 Å². The van der Waals surface area contributed by atoms with E-state index in [1.807, 2.05) is 24.5 Å². The summed E-state index contributed by atoms with van der Waals surface area (Å²) in [5.74, 6) is 0. The van der Waals surface area contributed by atoms with Gasteiger partial charge in [0.05, 0.1) is 0 Å². The highest BCUT2D eigenvalue weighted by Gasteiger charge is 2.20. The van der Waals surface area contributed by atoms with Crippen LogP contribution in [-0.2, 0) is 6.42 Å². The molecule has 2 aromatic heterocycles. The van der Waals surface area contributed by atoms with E-state index in [1.54, 1.807) is 0 Å². The molecule has 0 atom stereocenters. The largest absolute Gasteiger partial charge is 1.00 e. The number of aromatic nitrogens is 2. The van der Waals surface area contributed by atoms with Crippen LogP contribution in [-0.4, -0.2) is 4.98 Å². The van der Waals surface area contributed by atoms with Gasteiger partial charge >= 0.3 is 0 Å². The summed E-state index contributed by atoms with van der Waals surface area (Å²) in [6, 6.07) is 23.8. The Morgan fingerprint density at radius 2 is 1.38 bits per heavy atom. The summed E-state index contributed by atoms with van der Waals surface area (Å²) in [5, 5.41) is 0. The molecule has 0 bridgehead atoms. The summed E-state index contributed by atoms with van der Waals surface area (Å²) in [4.78, 5) is 4.08. The van der Waals surface area contributed by atoms with Crippen LogP contribution >= 0.6 is 0 Å². The number of nitrogens with zero attached hydrogens (tertiary/aromatic N) is 2. The van der Waals surface area contributed by atoms with Crippen molar-refractivity contribution in [3.05, 3.63) is 103 Å². The van der Waals surface area contributed by atoms with Crippen molar-refractivity contribution in [1.82, 2.24) is 4.98 Å². The van der Waals surface area contributed by atoms with Gasteiger partial charge in [-0.1, -0.05) is 24.3 Å². The fourth-order valence-electron chi connectivity index (χ4n) is 3.63. The molecule has 0 radical (unpaired) electrons. The number of hydrogen-bond acceptors (Lipinski definition) is 1. The Kier molecular flexibility index (Phi) is 4.27. The summed E-state index contributed by atoms with van der Waals surface area (Å²) in [6.45, 7) is 0. The van der Waals surface area contributed by atoms with Gasteiger partial charge in [-0.25, -0.2) is 0 Å². The molecule has 3 heteroatoms. The molecule has 0 spiro atoms. The van der Waals surface area contributed by atoms with Gasteiger partial charge in [0.25, 0.3) is 0 Å². The van der Waals surface area contributed by atoms with Crippen molar-refractivity contribution >= 4 is 0 Å². The lowest BCUT2D eigenvalue weighted by Gasteiger charge is -2.03. The first kappa shape index (κ1) is 16.5. The molecule has 2 heterocycles. The van der Waals surface area contributed by atoms with E-state index < -0.39 is 0 Å². The van der Waals surface area contributed by atoms with E-state index in [2.05, 4.69) is 76.5 Å². The number of rotatable bonds is 2. The summed E-state index contributed by atoms with van der Waals surface area (Å²) in [5.41, 5.74) is 9.17. The minimum absolute atomic E-state index is 0. The van der Waals surface area contributed by atoms with Crippen LogP contribution in [0.3, 0.4) is 0 Å². The zero-order chi connectivity index (χ0) is 16.6. The topological polar surface area (TPSA) is 16.8 Å². The number of fused-ring (bicyclic) bond motifs is 3. The van der Waals surface area contributed by atoms with Crippen LogP contribution in [0.25, 0.3) is 27.9 Å². The molecule has 0 unspecified atom stereocenters. The third-order valence-electron chi connectivity index (χ3n) is 4.92. The average molecular weight is 357 g/mol. The van der Waals surface area contributed by atoms with Crippen LogP contribution in [0.2, 0.25) is 0 Å². The van der Waals surface area contributed by atoms with Crippen molar-refractivity contribution < 1.29 is 17.0 Å². The van der Waals surface area contributed by atoms with Gasteiger partial charge in [0.15, 0.2) is 12.4 Å². The molecule has 0 amide bonds. The monoisotopic (exact) mass is 356 g/mol. The van der Waals surface area contributed by atoms with Gasteiger partial charge < -0.3 is 12.4 Å². The molecule has 5 rings (SSSR count). The zero-order valence-electron chi connectivity index (χ0n) is 14.1. The maximum atomic E-state index is 4.08. The van der Waals surface area contributed by atoms with Gasteiger partial charge in [0.2, 0.25) is 5.69 Å². The minimum Gasteiger partial charge on any atom is -1.00 e. The molecule has 2 aromatic carbocycles. The van der Waals surface area contributed by atoms with E-state index in [1.165, 1.54) is 39.1 Å². The lowest BCUT2D eigenvalue weighted by molar-refractivity contribution is -0.595. The van der Waals surface area contributed by atoms with Crippen LogP contribution in [0.15, 0.2) is 91.5 Å². The molecule has 0 fully saturated rings. The highest BCUT2D eigenvalue weighted by Crippen LogP contribution is 2.36. The summed E-state index contributed by atoms with van der Waals surface area (Å²) < 4.78 is 2.17. The number of hydrogen-bond donors (Lipinski definition) is 0. The van der Waals surface area contributed by atoms with Crippen molar-refractivity contribution in [2.24, 2.45) is 0 Å². The SMILES string of the molecule is [Cl-].c1ccc2c(c1)Cc1cc(-[n+]3ccc(-c4ccncc4)cc3)ccc1-2. The Bertz CT molecular complexity index is 1060. The molecule has 4 aromatic rings. The predicted octanol–water partition coefficient (Wildman–Crippen LogP) is 1.60. The molecule has 2 nitrogen and oxygen atoms in total. The molecule has 0 saturated heterocycles. The molecule has 1 aliphatic rings. The first-order valence-electron chi connectivity index (χ1n) is 8.52.